The number of fused-ring (bicyclic) bond motifs is 9. The first-order valence-corrected chi connectivity index (χ1v) is 10.8. The molecule has 0 bridgehead atoms. The van der Waals surface area contributed by atoms with E-state index in [4.69, 9.17) is 28.4 Å². The number of methoxy groups -OCH3 is 2. The molecule has 7 rings (SSSR count). The van der Waals surface area contributed by atoms with E-state index in [-0.39, 0.29) is 25.9 Å². The Hall–Kier alpha value is -2.92. The highest BCUT2D eigenvalue weighted by atomic mass is 16.7. The van der Waals surface area contributed by atoms with Crippen LogP contribution in [0.4, 0.5) is 0 Å². The number of ether oxygens (including phenoxy) is 6. The van der Waals surface area contributed by atoms with Gasteiger partial charge >= 0.3 is 0 Å². The van der Waals surface area contributed by atoms with Gasteiger partial charge in [-0.25, -0.2) is 20.9 Å². The van der Waals surface area contributed by atoms with Crippen molar-refractivity contribution in [2.45, 2.75) is 25.2 Å². The second kappa shape index (κ2) is 6.79. The average molecular weight is 440 g/mol. The summed E-state index contributed by atoms with van der Waals surface area (Å²) in [5.74, 6) is 4.32. The van der Waals surface area contributed by atoms with E-state index in [1.165, 1.54) is 11.1 Å². The molecule has 10 nitrogen and oxygen atoms in total. The van der Waals surface area contributed by atoms with Crippen LogP contribution in [0, 0.1) is 0 Å². The number of hydrazine groups is 2. The van der Waals surface area contributed by atoms with Crippen LogP contribution in [0.5, 0.6) is 34.5 Å². The molecule has 1 fully saturated rings. The minimum absolute atomic E-state index is 0.0963. The lowest BCUT2D eigenvalue weighted by Crippen LogP contribution is -2.66. The van der Waals surface area contributed by atoms with E-state index in [9.17, 15) is 0 Å². The zero-order chi connectivity index (χ0) is 21.4. The molecule has 10 heteroatoms. The number of rotatable bonds is 2. The van der Waals surface area contributed by atoms with Crippen molar-refractivity contribution in [3.8, 4) is 34.5 Å². The van der Waals surface area contributed by atoms with Gasteiger partial charge < -0.3 is 28.4 Å². The minimum Gasteiger partial charge on any atom is -0.492 e. The molecule has 0 unspecified atom stereocenters. The van der Waals surface area contributed by atoms with Gasteiger partial charge in [-0.3, -0.25) is 0 Å². The maximum absolute atomic E-state index is 5.82. The molecule has 2 N–H and O–H groups in total. The van der Waals surface area contributed by atoms with Crippen LogP contribution in [0.1, 0.15) is 34.6 Å². The lowest BCUT2D eigenvalue weighted by atomic mass is 9.92. The summed E-state index contributed by atoms with van der Waals surface area (Å²) in [5.41, 5.74) is 11.6. The lowest BCUT2D eigenvalue weighted by molar-refractivity contribution is -0.166. The fraction of sp³-hybridized carbons (Fsp3) is 0.455. The third-order valence-electron chi connectivity index (χ3n) is 6.95. The monoisotopic (exact) mass is 440 g/mol. The average Bonchev–Trinajstić information content (AvgIpc) is 3.49. The third kappa shape index (κ3) is 2.37. The van der Waals surface area contributed by atoms with Crippen LogP contribution in [-0.4, -0.2) is 50.9 Å². The summed E-state index contributed by atoms with van der Waals surface area (Å²) in [7, 11) is 3.36. The number of hydrogen-bond acceptors (Lipinski definition) is 10. The van der Waals surface area contributed by atoms with Gasteiger partial charge in [0.2, 0.25) is 25.1 Å². The molecule has 0 radical (unpaired) electrons. The van der Waals surface area contributed by atoms with Crippen molar-refractivity contribution < 1.29 is 28.4 Å². The summed E-state index contributed by atoms with van der Waals surface area (Å²) in [6.45, 7) is 2.17. The van der Waals surface area contributed by atoms with Crippen molar-refractivity contribution >= 4 is 0 Å². The molecule has 2 atom stereocenters. The van der Waals surface area contributed by atoms with Crippen LogP contribution in [0.2, 0.25) is 0 Å². The van der Waals surface area contributed by atoms with Crippen molar-refractivity contribution in [3.63, 3.8) is 0 Å². The predicted molar refractivity (Wildman–Crippen MR) is 111 cm³/mol. The van der Waals surface area contributed by atoms with Gasteiger partial charge in [-0.05, 0) is 36.1 Å². The molecule has 32 heavy (non-hydrogen) atoms. The third-order valence-corrected chi connectivity index (χ3v) is 6.95. The van der Waals surface area contributed by atoms with Crippen LogP contribution in [-0.2, 0) is 12.8 Å². The molecule has 5 aliphatic rings. The highest BCUT2D eigenvalue weighted by Gasteiger charge is 2.46. The van der Waals surface area contributed by atoms with Crippen LogP contribution >= 0.6 is 0 Å². The normalized spacial score (nSPS) is 24.9. The van der Waals surface area contributed by atoms with Crippen molar-refractivity contribution in [3.05, 3.63) is 34.4 Å². The SMILES string of the molecule is COc1c2c(cc3c1[C@@H]1NN[C@H]4c5c(cc6c(c5OC)OCO6)CCN4N1CC3)OCO2. The minimum atomic E-state index is -0.0963. The van der Waals surface area contributed by atoms with Crippen molar-refractivity contribution in [2.75, 3.05) is 40.9 Å². The Labute approximate surface area is 184 Å². The van der Waals surface area contributed by atoms with E-state index in [0.717, 1.165) is 60.1 Å². The summed E-state index contributed by atoms with van der Waals surface area (Å²) in [6.07, 6.45) is 1.58. The Morgan fingerprint density at radius 1 is 0.750 bits per heavy atom. The van der Waals surface area contributed by atoms with Gasteiger partial charge in [0.15, 0.2) is 23.0 Å². The van der Waals surface area contributed by atoms with E-state index in [2.05, 4.69) is 33.0 Å². The molecule has 0 saturated carbocycles. The second-order valence-corrected chi connectivity index (χ2v) is 8.35. The molecule has 2 aromatic carbocycles. The Kier molecular flexibility index (Phi) is 3.95. The first kappa shape index (κ1) is 18.6. The van der Waals surface area contributed by atoms with E-state index < -0.39 is 0 Å². The molecule has 168 valence electrons. The van der Waals surface area contributed by atoms with Crippen molar-refractivity contribution in [1.29, 1.82) is 0 Å². The fourth-order valence-electron chi connectivity index (χ4n) is 5.60. The first-order valence-electron chi connectivity index (χ1n) is 10.8. The molecule has 0 aromatic heterocycles. The molecule has 0 spiro atoms. The van der Waals surface area contributed by atoms with Crippen LogP contribution in [0.25, 0.3) is 0 Å². The largest absolute Gasteiger partial charge is 0.492 e. The Morgan fingerprint density at radius 2 is 1.22 bits per heavy atom. The summed E-state index contributed by atoms with van der Waals surface area (Å²) in [5, 5.41) is 4.75. The van der Waals surface area contributed by atoms with E-state index in [1.807, 2.05) is 0 Å². The number of nitrogens with zero attached hydrogens (tertiary/aromatic N) is 2. The number of benzene rings is 2. The molecule has 1 saturated heterocycles. The van der Waals surface area contributed by atoms with Gasteiger partial charge in [-0.2, -0.15) is 0 Å². The van der Waals surface area contributed by atoms with Gasteiger partial charge in [0.25, 0.3) is 0 Å². The first-order chi connectivity index (χ1) is 15.8. The van der Waals surface area contributed by atoms with Gasteiger partial charge in [0.05, 0.1) is 14.2 Å². The number of hydrogen-bond donors (Lipinski definition) is 2. The molecular weight excluding hydrogens is 416 g/mol. The smallest absolute Gasteiger partial charge is 0.231 e. The maximum atomic E-state index is 5.82. The summed E-state index contributed by atoms with van der Waals surface area (Å²) >= 11 is 0. The molecule has 5 heterocycles. The summed E-state index contributed by atoms with van der Waals surface area (Å²) in [4.78, 5) is 0. The van der Waals surface area contributed by atoms with Crippen LogP contribution < -0.4 is 39.3 Å². The second-order valence-electron chi connectivity index (χ2n) is 8.35. The Balaban J connectivity index is 1.30. The summed E-state index contributed by atoms with van der Waals surface area (Å²) < 4.78 is 34.3. The van der Waals surface area contributed by atoms with Gasteiger partial charge in [0.1, 0.15) is 12.3 Å². The van der Waals surface area contributed by atoms with Crippen molar-refractivity contribution in [1.82, 2.24) is 20.9 Å². The van der Waals surface area contributed by atoms with Crippen LogP contribution in [0.3, 0.4) is 0 Å². The molecule has 0 aliphatic carbocycles. The van der Waals surface area contributed by atoms with Crippen molar-refractivity contribution in [2.24, 2.45) is 0 Å². The van der Waals surface area contributed by atoms with Crippen LogP contribution in [0.15, 0.2) is 12.1 Å². The van der Waals surface area contributed by atoms with E-state index in [0.29, 0.717) is 11.5 Å². The van der Waals surface area contributed by atoms with Gasteiger partial charge in [-0.15, -0.1) is 0 Å². The topological polar surface area (TPSA) is 85.9 Å². The maximum Gasteiger partial charge on any atom is 0.231 e. The molecule has 5 aliphatic heterocycles. The summed E-state index contributed by atoms with van der Waals surface area (Å²) in [6, 6.07) is 4.17. The lowest BCUT2D eigenvalue weighted by Gasteiger charge is -2.53. The predicted octanol–water partition coefficient (Wildman–Crippen LogP) is 1.60. The number of nitrogens with one attached hydrogen (secondary N) is 2. The zero-order valence-electron chi connectivity index (χ0n) is 17.9. The highest BCUT2D eigenvalue weighted by Crippen LogP contribution is 2.53. The Morgan fingerprint density at radius 3 is 1.66 bits per heavy atom. The molecular formula is C22H24N4O6. The van der Waals surface area contributed by atoms with Gasteiger partial charge in [-0.1, -0.05) is 0 Å². The highest BCUT2D eigenvalue weighted by molar-refractivity contribution is 5.63. The van der Waals surface area contributed by atoms with E-state index in [1.54, 1.807) is 14.2 Å². The Bertz CT molecular complexity index is 1040. The quantitative estimate of drug-likeness (QED) is 0.718. The fourth-order valence-corrected chi connectivity index (χ4v) is 5.60. The molecule has 2 aromatic rings. The van der Waals surface area contributed by atoms with Gasteiger partial charge in [0, 0.05) is 24.2 Å². The zero-order valence-corrected chi connectivity index (χ0v) is 17.9. The molecule has 0 amide bonds. The standard InChI is InChI=1S/C22H24N4O6/c1-27-19-15-11(7-13-17(19)31-9-29-13)3-5-25-21(15)23-24-22-16-12(4-6-26(22)25)8-14-18(20(16)28-2)32-10-30-14/h7-8,21-24H,3-6,9-10H2,1-2H3/t21-,22-/m1/s1. The van der Waals surface area contributed by atoms with E-state index >= 15 is 0 Å².